The number of pyridine rings is 1. The fourth-order valence-electron chi connectivity index (χ4n) is 1.78. The van der Waals surface area contributed by atoms with Crippen molar-refractivity contribution in [1.29, 1.82) is 0 Å². The second-order valence-electron chi connectivity index (χ2n) is 4.19. The Bertz CT molecular complexity index is 617. The number of halogens is 2. The Balaban J connectivity index is 2.26. The monoisotopic (exact) mass is 309 g/mol. The van der Waals surface area contributed by atoms with Gasteiger partial charge >= 0.3 is 0 Å². The number of amides is 1. The molecule has 0 aliphatic carbocycles. The molecule has 0 aromatic carbocycles. The van der Waals surface area contributed by atoms with Crippen LogP contribution >= 0.6 is 23.2 Å². The van der Waals surface area contributed by atoms with Gasteiger partial charge in [0.15, 0.2) is 0 Å². The van der Waals surface area contributed by atoms with Gasteiger partial charge in [0.2, 0.25) is 5.91 Å². The van der Waals surface area contributed by atoms with Crippen LogP contribution in [0.5, 0.6) is 0 Å². The molecule has 0 bridgehead atoms. The van der Waals surface area contributed by atoms with E-state index in [-0.39, 0.29) is 5.91 Å². The Morgan fingerprint density at radius 3 is 2.85 bits per heavy atom. The Kier molecular flexibility index (Phi) is 4.99. The zero-order chi connectivity index (χ0) is 14.5. The van der Waals surface area contributed by atoms with Crippen LogP contribution in [0, 0.1) is 11.8 Å². The number of carbonyl (C=O) groups is 1. The summed E-state index contributed by atoms with van der Waals surface area (Å²) in [5, 5.41) is 6.58. The normalized spacial score (nSPS) is 14.7. The first-order valence-corrected chi connectivity index (χ1v) is 7.02. The van der Waals surface area contributed by atoms with Crippen molar-refractivity contribution in [2.24, 2.45) is 5.10 Å². The second-order valence-corrected chi connectivity index (χ2v) is 5.03. The molecule has 4 nitrogen and oxygen atoms in total. The molecule has 0 saturated heterocycles. The summed E-state index contributed by atoms with van der Waals surface area (Å²) in [6, 6.07) is 1.62. The van der Waals surface area contributed by atoms with Crippen LogP contribution in [0.3, 0.4) is 0 Å². The Morgan fingerprint density at radius 1 is 1.35 bits per heavy atom. The third kappa shape index (κ3) is 3.50. The molecule has 0 radical (unpaired) electrons. The molecule has 0 atom stereocenters. The van der Waals surface area contributed by atoms with Gasteiger partial charge in [0.05, 0.1) is 15.8 Å². The fourth-order valence-corrected chi connectivity index (χ4v) is 2.27. The largest absolute Gasteiger partial charge is 0.273 e. The molecule has 1 aromatic rings. The predicted molar refractivity (Wildman–Crippen MR) is 79.8 cm³/mol. The number of hydrazone groups is 1. The van der Waals surface area contributed by atoms with Crippen LogP contribution in [0.4, 0.5) is 0 Å². The molecule has 0 saturated carbocycles. The molecule has 1 amide bonds. The Hall–Kier alpha value is -1.57. The van der Waals surface area contributed by atoms with Gasteiger partial charge in [-0.25, -0.2) is 5.01 Å². The smallest absolute Gasteiger partial charge is 0.243 e. The van der Waals surface area contributed by atoms with Crippen molar-refractivity contribution in [3.05, 3.63) is 28.0 Å². The Morgan fingerprint density at radius 2 is 2.15 bits per heavy atom. The summed E-state index contributed by atoms with van der Waals surface area (Å²) in [5.41, 5.74) is 1.25. The average molecular weight is 310 g/mol. The van der Waals surface area contributed by atoms with Gasteiger partial charge in [0.25, 0.3) is 0 Å². The lowest BCUT2D eigenvalue weighted by molar-refractivity contribution is -0.131. The number of carbonyl (C=O) groups excluding carboxylic acids is 1. The highest BCUT2D eigenvalue weighted by molar-refractivity contribution is 6.36. The quantitative estimate of drug-likeness (QED) is 0.788. The number of aromatic nitrogens is 1. The molecule has 0 unspecified atom stereocenters. The lowest BCUT2D eigenvalue weighted by atomic mass is 10.1. The van der Waals surface area contributed by atoms with Crippen LogP contribution in [0.25, 0.3) is 0 Å². The van der Waals surface area contributed by atoms with Crippen LogP contribution in [-0.4, -0.2) is 28.2 Å². The lowest BCUT2D eigenvalue weighted by Gasteiger charge is -2.21. The highest BCUT2D eigenvalue weighted by atomic mass is 35.5. The summed E-state index contributed by atoms with van der Waals surface area (Å²) < 4.78 is 0. The van der Waals surface area contributed by atoms with E-state index in [9.17, 15) is 4.79 Å². The molecule has 6 heteroatoms. The molecule has 2 rings (SSSR count). The molecule has 20 heavy (non-hydrogen) atoms. The molecule has 1 aliphatic rings. The van der Waals surface area contributed by atoms with Gasteiger partial charge in [0.1, 0.15) is 12.2 Å². The molecular weight excluding hydrogens is 297 g/mol. The van der Waals surface area contributed by atoms with Crippen LogP contribution in [-0.2, 0) is 4.79 Å². The van der Waals surface area contributed by atoms with Gasteiger partial charge in [-0.15, -0.1) is 5.92 Å². The highest BCUT2D eigenvalue weighted by Crippen LogP contribution is 2.22. The molecule has 0 N–H and O–H groups in total. The van der Waals surface area contributed by atoms with Crippen LogP contribution in [0.2, 0.25) is 10.0 Å². The summed E-state index contributed by atoms with van der Waals surface area (Å²) in [7, 11) is 0. The first-order valence-electron chi connectivity index (χ1n) is 6.26. The minimum atomic E-state index is -0.0377. The molecule has 0 spiro atoms. The van der Waals surface area contributed by atoms with Crippen molar-refractivity contribution in [2.75, 3.05) is 6.54 Å². The summed E-state index contributed by atoms with van der Waals surface area (Å²) in [6.07, 6.45) is 3.17. The van der Waals surface area contributed by atoms with E-state index in [1.54, 1.807) is 6.07 Å². The minimum Gasteiger partial charge on any atom is -0.273 e. The van der Waals surface area contributed by atoms with E-state index < -0.39 is 0 Å². The highest BCUT2D eigenvalue weighted by Gasteiger charge is 2.22. The van der Waals surface area contributed by atoms with Crippen molar-refractivity contribution >= 4 is 34.8 Å². The SMILES string of the molecule is CCC#CCN1N=C(c2ncc(Cl)cc2Cl)CCC1=O. The first kappa shape index (κ1) is 14.8. The van der Waals surface area contributed by atoms with Crippen molar-refractivity contribution in [1.82, 2.24) is 9.99 Å². The van der Waals surface area contributed by atoms with E-state index in [0.717, 1.165) is 6.42 Å². The van der Waals surface area contributed by atoms with Gasteiger partial charge in [0, 0.05) is 25.5 Å². The molecule has 104 valence electrons. The topological polar surface area (TPSA) is 45.6 Å². The van der Waals surface area contributed by atoms with Crippen LogP contribution in [0.1, 0.15) is 31.9 Å². The predicted octanol–water partition coefficient (Wildman–Crippen LogP) is 3.13. The summed E-state index contributed by atoms with van der Waals surface area (Å²) >= 11 is 11.9. The summed E-state index contributed by atoms with van der Waals surface area (Å²) in [4.78, 5) is 16.0. The number of nitrogens with zero attached hydrogens (tertiary/aromatic N) is 3. The maximum atomic E-state index is 11.8. The zero-order valence-corrected chi connectivity index (χ0v) is 12.5. The number of rotatable bonds is 2. The van der Waals surface area contributed by atoms with Crippen LogP contribution < -0.4 is 0 Å². The Labute approximate surface area is 127 Å². The van der Waals surface area contributed by atoms with Crippen molar-refractivity contribution in [3.8, 4) is 11.8 Å². The maximum absolute atomic E-state index is 11.8. The molecular formula is C14H13Cl2N3O. The molecule has 1 aromatic heterocycles. The van der Waals surface area contributed by atoms with Gasteiger partial charge in [-0.2, -0.15) is 5.10 Å². The van der Waals surface area contributed by atoms with E-state index >= 15 is 0 Å². The van der Waals surface area contributed by atoms with E-state index in [2.05, 4.69) is 21.9 Å². The van der Waals surface area contributed by atoms with E-state index in [1.807, 2.05) is 6.92 Å². The zero-order valence-electron chi connectivity index (χ0n) is 11.0. The van der Waals surface area contributed by atoms with Gasteiger partial charge in [-0.3, -0.25) is 9.78 Å². The van der Waals surface area contributed by atoms with E-state index in [0.29, 0.717) is 40.8 Å². The summed E-state index contributed by atoms with van der Waals surface area (Å²) in [5.74, 6) is 5.78. The third-order valence-corrected chi connectivity index (χ3v) is 3.21. The van der Waals surface area contributed by atoms with E-state index in [1.165, 1.54) is 11.2 Å². The maximum Gasteiger partial charge on any atom is 0.243 e. The fraction of sp³-hybridized carbons (Fsp3) is 0.357. The minimum absolute atomic E-state index is 0.0377. The van der Waals surface area contributed by atoms with Crippen LogP contribution in [0.15, 0.2) is 17.4 Å². The average Bonchev–Trinajstić information content (AvgIpc) is 2.41. The lowest BCUT2D eigenvalue weighted by Crippen LogP contribution is -2.32. The summed E-state index contributed by atoms with van der Waals surface area (Å²) in [6.45, 7) is 2.25. The first-order chi connectivity index (χ1) is 9.61. The molecule has 2 heterocycles. The number of hydrogen-bond acceptors (Lipinski definition) is 3. The van der Waals surface area contributed by atoms with Gasteiger partial charge < -0.3 is 0 Å². The van der Waals surface area contributed by atoms with Gasteiger partial charge in [-0.05, 0) is 6.07 Å². The molecule has 1 aliphatic heterocycles. The van der Waals surface area contributed by atoms with Gasteiger partial charge in [-0.1, -0.05) is 36.0 Å². The van der Waals surface area contributed by atoms with E-state index in [4.69, 9.17) is 23.2 Å². The van der Waals surface area contributed by atoms with Crippen molar-refractivity contribution in [2.45, 2.75) is 26.2 Å². The third-order valence-electron chi connectivity index (χ3n) is 2.72. The standard InChI is InChI=1S/C14H13Cl2N3O/c1-2-3-4-7-19-13(20)6-5-12(18-19)14-11(16)8-10(15)9-17-14/h8-9H,2,5-7H2,1H3. The van der Waals surface area contributed by atoms with Crippen molar-refractivity contribution in [3.63, 3.8) is 0 Å². The van der Waals surface area contributed by atoms with Crippen molar-refractivity contribution < 1.29 is 4.79 Å². The molecule has 0 fully saturated rings. The number of hydrogen-bond donors (Lipinski definition) is 0. The second kappa shape index (κ2) is 6.74.